The van der Waals surface area contributed by atoms with Gasteiger partial charge < -0.3 is 0 Å². The van der Waals surface area contributed by atoms with Gasteiger partial charge in [-0.05, 0) is 55.9 Å². The largest absolute Gasteiger partial charge is 0.299 e. The summed E-state index contributed by atoms with van der Waals surface area (Å²) < 4.78 is 0. The zero-order valence-electron chi connectivity index (χ0n) is 13.9. The predicted molar refractivity (Wildman–Crippen MR) is 84.3 cm³/mol. The highest BCUT2D eigenvalue weighted by Gasteiger charge is 2.40. The van der Waals surface area contributed by atoms with E-state index in [9.17, 15) is 5.26 Å². The third kappa shape index (κ3) is 3.37. The molecule has 2 rings (SSSR count). The molecule has 1 aliphatic carbocycles. The standard InChI is InChI=1S/C18H32N2/c1-5-18(3,4)16-9-8-15(12-19)17(11-16)20-10-6-7-14(2)13-20/h14-17H,5-11,13H2,1-4H3. The van der Waals surface area contributed by atoms with E-state index in [1.54, 1.807) is 0 Å². The van der Waals surface area contributed by atoms with Gasteiger partial charge in [-0.1, -0.05) is 34.1 Å². The number of hydrogen-bond donors (Lipinski definition) is 0. The Morgan fingerprint density at radius 3 is 2.60 bits per heavy atom. The summed E-state index contributed by atoms with van der Waals surface area (Å²) in [5, 5.41) is 9.53. The van der Waals surface area contributed by atoms with Crippen LogP contribution in [0.25, 0.3) is 0 Å². The quantitative estimate of drug-likeness (QED) is 0.761. The van der Waals surface area contributed by atoms with E-state index in [0.29, 0.717) is 11.5 Å². The molecule has 0 bridgehead atoms. The number of nitrogens with zero attached hydrogens (tertiary/aromatic N) is 2. The summed E-state index contributed by atoms with van der Waals surface area (Å²) >= 11 is 0. The van der Waals surface area contributed by atoms with E-state index in [1.807, 2.05) is 0 Å². The van der Waals surface area contributed by atoms with Crippen molar-refractivity contribution >= 4 is 0 Å². The lowest BCUT2D eigenvalue weighted by atomic mass is 9.65. The van der Waals surface area contributed by atoms with E-state index in [1.165, 1.54) is 45.2 Å². The fraction of sp³-hybridized carbons (Fsp3) is 0.944. The van der Waals surface area contributed by atoms with E-state index in [0.717, 1.165) is 18.3 Å². The molecule has 2 fully saturated rings. The highest BCUT2D eigenvalue weighted by atomic mass is 15.2. The lowest BCUT2D eigenvalue weighted by Gasteiger charge is -2.47. The van der Waals surface area contributed by atoms with Gasteiger partial charge in [0, 0.05) is 12.6 Å². The molecule has 4 atom stereocenters. The summed E-state index contributed by atoms with van der Waals surface area (Å²) in [6.45, 7) is 11.9. The number of rotatable bonds is 3. The first kappa shape index (κ1) is 15.8. The molecule has 0 aromatic rings. The Morgan fingerprint density at radius 1 is 1.25 bits per heavy atom. The average Bonchev–Trinajstić information content (AvgIpc) is 2.46. The second-order valence-corrected chi connectivity index (χ2v) is 7.90. The topological polar surface area (TPSA) is 27.0 Å². The minimum absolute atomic E-state index is 0.268. The molecule has 0 spiro atoms. The average molecular weight is 276 g/mol. The maximum Gasteiger partial charge on any atom is 0.0672 e. The van der Waals surface area contributed by atoms with Crippen LogP contribution in [0.5, 0.6) is 0 Å². The van der Waals surface area contributed by atoms with Crippen LogP contribution in [0.4, 0.5) is 0 Å². The molecule has 114 valence electrons. The summed E-state index contributed by atoms with van der Waals surface area (Å²) in [6.07, 6.45) is 7.53. The van der Waals surface area contributed by atoms with Gasteiger partial charge in [-0.25, -0.2) is 0 Å². The predicted octanol–water partition coefficient (Wildman–Crippen LogP) is 4.46. The van der Waals surface area contributed by atoms with Crippen LogP contribution in [-0.2, 0) is 0 Å². The van der Waals surface area contributed by atoms with Gasteiger partial charge in [0.1, 0.15) is 0 Å². The lowest BCUT2D eigenvalue weighted by molar-refractivity contribution is 0.0309. The maximum absolute atomic E-state index is 9.53. The molecule has 0 aromatic heterocycles. The van der Waals surface area contributed by atoms with Crippen molar-refractivity contribution in [3.8, 4) is 6.07 Å². The van der Waals surface area contributed by atoms with Gasteiger partial charge in [-0.2, -0.15) is 5.26 Å². The number of likely N-dealkylation sites (tertiary alicyclic amines) is 1. The Balaban J connectivity index is 2.08. The van der Waals surface area contributed by atoms with Crippen molar-refractivity contribution < 1.29 is 0 Å². The lowest BCUT2D eigenvalue weighted by Crippen LogP contribution is -2.49. The highest BCUT2D eigenvalue weighted by molar-refractivity contribution is 5.00. The molecule has 2 aliphatic rings. The van der Waals surface area contributed by atoms with Gasteiger partial charge in [-0.3, -0.25) is 4.90 Å². The molecule has 4 unspecified atom stereocenters. The van der Waals surface area contributed by atoms with E-state index < -0.39 is 0 Å². The monoisotopic (exact) mass is 276 g/mol. The van der Waals surface area contributed by atoms with E-state index in [-0.39, 0.29) is 5.92 Å². The molecular formula is C18H32N2. The summed E-state index contributed by atoms with van der Waals surface area (Å²) in [5.41, 5.74) is 0.431. The van der Waals surface area contributed by atoms with Crippen molar-refractivity contribution in [2.45, 2.75) is 72.3 Å². The van der Waals surface area contributed by atoms with Crippen molar-refractivity contribution in [3.63, 3.8) is 0 Å². The molecule has 0 amide bonds. The van der Waals surface area contributed by atoms with Gasteiger partial charge in [-0.15, -0.1) is 0 Å². The molecule has 0 N–H and O–H groups in total. The Kier molecular flexibility index (Phi) is 5.13. The number of piperidine rings is 1. The van der Waals surface area contributed by atoms with E-state index in [4.69, 9.17) is 0 Å². The molecular weight excluding hydrogens is 244 g/mol. The van der Waals surface area contributed by atoms with Gasteiger partial charge in [0.05, 0.1) is 12.0 Å². The molecule has 20 heavy (non-hydrogen) atoms. The fourth-order valence-electron chi connectivity index (χ4n) is 4.23. The molecule has 0 aromatic carbocycles. The first-order valence-corrected chi connectivity index (χ1v) is 8.61. The summed E-state index contributed by atoms with van der Waals surface area (Å²) in [6, 6.07) is 3.14. The van der Waals surface area contributed by atoms with Crippen LogP contribution < -0.4 is 0 Å². The van der Waals surface area contributed by atoms with E-state index in [2.05, 4.69) is 38.7 Å². The fourth-order valence-corrected chi connectivity index (χ4v) is 4.23. The third-order valence-electron chi connectivity index (χ3n) is 6.16. The van der Waals surface area contributed by atoms with E-state index >= 15 is 0 Å². The molecule has 1 saturated carbocycles. The minimum Gasteiger partial charge on any atom is -0.299 e. The second-order valence-electron chi connectivity index (χ2n) is 7.90. The SMILES string of the molecule is CCC(C)(C)C1CCC(C#N)C(N2CCCC(C)C2)C1. The second kappa shape index (κ2) is 6.48. The van der Waals surface area contributed by atoms with Gasteiger partial charge in [0.25, 0.3) is 0 Å². The molecule has 2 nitrogen and oxygen atoms in total. The molecule has 0 radical (unpaired) electrons. The minimum atomic E-state index is 0.268. The van der Waals surface area contributed by atoms with Crippen LogP contribution in [0.2, 0.25) is 0 Å². The van der Waals surface area contributed by atoms with Crippen LogP contribution in [0.3, 0.4) is 0 Å². The first-order valence-electron chi connectivity index (χ1n) is 8.61. The Bertz CT molecular complexity index is 355. The summed E-state index contributed by atoms with van der Waals surface area (Å²) in [5.74, 6) is 1.87. The van der Waals surface area contributed by atoms with Crippen LogP contribution in [-0.4, -0.2) is 24.0 Å². The van der Waals surface area contributed by atoms with Gasteiger partial charge in [0.15, 0.2) is 0 Å². The van der Waals surface area contributed by atoms with Crippen molar-refractivity contribution in [1.82, 2.24) is 4.90 Å². The van der Waals surface area contributed by atoms with Gasteiger partial charge in [0.2, 0.25) is 0 Å². The molecule has 1 heterocycles. The Morgan fingerprint density at radius 2 is 2.00 bits per heavy atom. The first-order chi connectivity index (χ1) is 9.47. The molecule has 1 aliphatic heterocycles. The number of hydrogen-bond acceptors (Lipinski definition) is 2. The summed E-state index contributed by atoms with van der Waals surface area (Å²) in [4.78, 5) is 2.65. The van der Waals surface area contributed by atoms with Crippen molar-refractivity contribution in [3.05, 3.63) is 0 Å². The Hall–Kier alpha value is -0.550. The molecule has 2 heteroatoms. The normalized spacial score (nSPS) is 36.5. The zero-order chi connectivity index (χ0) is 14.8. The highest BCUT2D eigenvalue weighted by Crippen LogP contribution is 2.44. The van der Waals surface area contributed by atoms with Crippen LogP contribution >= 0.6 is 0 Å². The van der Waals surface area contributed by atoms with Crippen LogP contribution in [0.15, 0.2) is 0 Å². The third-order valence-corrected chi connectivity index (χ3v) is 6.16. The van der Waals surface area contributed by atoms with Crippen molar-refractivity contribution in [2.24, 2.45) is 23.2 Å². The van der Waals surface area contributed by atoms with Crippen LogP contribution in [0.1, 0.15) is 66.2 Å². The van der Waals surface area contributed by atoms with Crippen molar-refractivity contribution in [2.75, 3.05) is 13.1 Å². The smallest absolute Gasteiger partial charge is 0.0672 e. The maximum atomic E-state index is 9.53. The Labute approximate surface area is 125 Å². The molecule has 1 saturated heterocycles. The zero-order valence-corrected chi connectivity index (χ0v) is 13.9. The summed E-state index contributed by atoms with van der Waals surface area (Å²) in [7, 11) is 0. The van der Waals surface area contributed by atoms with Gasteiger partial charge >= 0.3 is 0 Å². The number of nitriles is 1. The van der Waals surface area contributed by atoms with Crippen LogP contribution in [0, 0.1) is 34.5 Å². The van der Waals surface area contributed by atoms with Crippen molar-refractivity contribution in [1.29, 1.82) is 5.26 Å².